The summed E-state index contributed by atoms with van der Waals surface area (Å²) in [6.07, 6.45) is 5.45. The highest BCUT2D eigenvalue weighted by molar-refractivity contribution is 6.03. The van der Waals surface area contributed by atoms with E-state index < -0.39 is 29.9 Å². The molecule has 0 saturated carbocycles. The number of hydrogen-bond donors (Lipinski definition) is 3. The van der Waals surface area contributed by atoms with Gasteiger partial charge < -0.3 is 20.5 Å². The van der Waals surface area contributed by atoms with Gasteiger partial charge in [-0.3, -0.25) is 24.5 Å². The Kier molecular flexibility index (Phi) is 5.54. The number of imide groups is 1. The Morgan fingerprint density at radius 1 is 1.37 bits per heavy atom. The molecule has 4 amide bonds. The van der Waals surface area contributed by atoms with Gasteiger partial charge in [-0.25, -0.2) is 4.98 Å². The van der Waals surface area contributed by atoms with Crippen molar-refractivity contribution in [3.05, 3.63) is 18.2 Å². The smallest absolute Gasteiger partial charge is 0.249 e. The first-order chi connectivity index (χ1) is 12.8. The van der Waals surface area contributed by atoms with E-state index in [1.54, 1.807) is 17.1 Å². The predicted molar refractivity (Wildman–Crippen MR) is 93.9 cm³/mol. The van der Waals surface area contributed by atoms with Gasteiger partial charge in [0.05, 0.1) is 18.1 Å². The number of carbonyl (C=O) groups excluding carboxylic acids is 4. The summed E-state index contributed by atoms with van der Waals surface area (Å²) in [6.45, 7) is 0.418. The van der Waals surface area contributed by atoms with Gasteiger partial charge in [-0.2, -0.15) is 0 Å². The summed E-state index contributed by atoms with van der Waals surface area (Å²) < 4.78 is 1.77. The summed E-state index contributed by atoms with van der Waals surface area (Å²) >= 11 is 0. The molecule has 0 spiro atoms. The molecule has 1 aromatic rings. The summed E-state index contributed by atoms with van der Waals surface area (Å²) in [4.78, 5) is 54.1. The SMILES string of the molecule is Cn1cnc(C[C@H](N)C(=O)N2CCC[C@H]2C(=O)NC(=O)[C@@H]2CCC(=O)N2)c1. The van der Waals surface area contributed by atoms with Crippen molar-refractivity contribution in [3.63, 3.8) is 0 Å². The molecular weight excluding hydrogens is 352 g/mol. The fourth-order valence-corrected chi connectivity index (χ4v) is 3.50. The lowest BCUT2D eigenvalue weighted by Crippen LogP contribution is -2.54. The van der Waals surface area contributed by atoms with Gasteiger partial charge in [0.25, 0.3) is 0 Å². The van der Waals surface area contributed by atoms with Gasteiger partial charge >= 0.3 is 0 Å². The number of rotatable bonds is 5. The van der Waals surface area contributed by atoms with Crippen LogP contribution in [-0.2, 0) is 32.6 Å². The summed E-state index contributed by atoms with van der Waals surface area (Å²) in [6, 6.07) is -2.23. The third kappa shape index (κ3) is 4.33. The highest BCUT2D eigenvalue weighted by Gasteiger charge is 2.38. The molecule has 3 rings (SSSR count). The average Bonchev–Trinajstić information content (AvgIpc) is 3.35. The number of nitrogens with one attached hydrogen (secondary N) is 2. The van der Waals surface area contributed by atoms with Crippen LogP contribution in [0, 0.1) is 0 Å². The standard InChI is InChI=1S/C17H24N6O4/c1-22-8-10(19-9-22)7-11(18)17(27)23-6-2-3-13(23)16(26)21-15(25)12-4-5-14(24)20-12/h8-9,11-13H,2-7,18H2,1H3,(H,20,24)(H,21,25,26)/t11-,12-,13-/m0/s1. The second-order valence-corrected chi connectivity index (χ2v) is 7.04. The zero-order chi connectivity index (χ0) is 19.6. The molecule has 1 aromatic heterocycles. The van der Waals surface area contributed by atoms with E-state index in [1.165, 1.54) is 4.90 Å². The Balaban J connectivity index is 1.58. The molecular formula is C17H24N6O4. The molecule has 0 aromatic carbocycles. The van der Waals surface area contributed by atoms with Crippen LogP contribution < -0.4 is 16.4 Å². The minimum absolute atomic E-state index is 0.208. The first-order valence-electron chi connectivity index (χ1n) is 9.02. The van der Waals surface area contributed by atoms with Crippen LogP contribution in [0.1, 0.15) is 31.4 Å². The quantitative estimate of drug-likeness (QED) is 0.518. The van der Waals surface area contributed by atoms with Gasteiger partial charge in [-0.15, -0.1) is 0 Å². The molecule has 10 heteroatoms. The normalized spacial score (nSPS) is 23.2. The molecule has 0 unspecified atom stereocenters. The molecule has 0 bridgehead atoms. The number of hydrogen-bond acceptors (Lipinski definition) is 6. The van der Waals surface area contributed by atoms with Crippen molar-refractivity contribution in [2.24, 2.45) is 12.8 Å². The van der Waals surface area contributed by atoms with E-state index in [2.05, 4.69) is 15.6 Å². The van der Waals surface area contributed by atoms with E-state index in [0.717, 1.165) is 0 Å². The Hall–Kier alpha value is -2.75. The Bertz CT molecular complexity index is 760. The number of amides is 4. The van der Waals surface area contributed by atoms with Crippen LogP contribution in [0.15, 0.2) is 12.5 Å². The molecule has 27 heavy (non-hydrogen) atoms. The van der Waals surface area contributed by atoms with E-state index in [-0.39, 0.29) is 24.7 Å². The van der Waals surface area contributed by atoms with Gasteiger partial charge in [0, 0.05) is 32.6 Å². The zero-order valence-electron chi connectivity index (χ0n) is 15.2. The van der Waals surface area contributed by atoms with E-state index in [4.69, 9.17) is 5.73 Å². The molecule has 0 radical (unpaired) electrons. The summed E-state index contributed by atoms with van der Waals surface area (Å²) in [7, 11) is 1.83. The first kappa shape index (κ1) is 19.0. The minimum Gasteiger partial charge on any atom is -0.344 e. The molecule has 2 aliphatic rings. The van der Waals surface area contributed by atoms with Crippen molar-refractivity contribution in [3.8, 4) is 0 Å². The van der Waals surface area contributed by atoms with E-state index in [0.29, 0.717) is 31.5 Å². The Morgan fingerprint density at radius 2 is 2.15 bits per heavy atom. The van der Waals surface area contributed by atoms with Crippen molar-refractivity contribution >= 4 is 23.6 Å². The maximum Gasteiger partial charge on any atom is 0.249 e. The van der Waals surface area contributed by atoms with Crippen LogP contribution in [0.4, 0.5) is 0 Å². The van der Waals surface area contributed by atoms with Crippen LogP contribution in [0.2, 0.25) is 0 Å². The lowest BCUT2D eigenvalue weighted by atomic mass is 10.1. The number of nitrogens with zero attached hydrogens (tertiary/aromatic N) is 3. The third-order valence-electron chi connectivity index (χ3n) is 4.90. The van der Waals surface area contributed by atoms with Gasteiger partial charge in [0.1, 0.15) is 12.1 Å². The fourth-order valence-electron chi connectivity index (χ4n) is 3.50. The van der Waals surface area contributed by atoms with Crippen LogP contribution in [0.3, 0.4) is 0 Å². The van der Waals surface area contributed by atoms with Crippen molar-refractivity contribution in [1.82, 2.24) is 25.1 Å². The fraction of sp³-hybridized carbons (Fsp3) is 0.588. The van der Waals surface area contributed by atoms with Gasteiger partial charge in [-0.1, -0.05) is 0 Å². The number of aryl methyl sites for hydroxylation is 1. The van der Waals surface area contributed by atoms with Gasteiger partial charge in [-0.05, 0) is 19.3 Å². The van der Waals surface area contributed by atoms with Gasteiger partial charge in [0.2, 0.25) is 23.6 Å². The van der Waals surface area contributed by atoms with Crippen molar-refractivity contribution < 1.29 is 19.2 Å². The minimum atomic E-state index is -0.807. The molecule has 4 N–H and O–H groups in total. The van der Waals surface area contributed by atoms with Crippen molar-refractivity contribution in [1.29, 1.82) is 0 Å². The molecule has 0 aliphatic carbocycles. The monoisotopic (exact) mass is 376 g/mol. The molecule has 2 aliphatic heterocycles. The van der Waals surface area contributed by atoms with E-state index in [9.17, 15) is 19.2 Å². The average molecular weight is 376 g/mol. The van der Waals surface area contributed by atoms with Crippen molar-refractivity contribution in [2.75, 3.05) is 6.54 Å². The highest BCUT2D eigenvalue weighted by Crippen LogP contribution is 2.19. The molecule has 3 atom stereocenters. The molecule has 10 nitrogen and oxygen atoms in total. The highest BCUT2D eigenvalue weighted by atomic mass is 16.2. The zero-order valence-corrected chi connectivity index (χ0v) is 15.2. The number of imidazole rings is 1. The lowest BCUT2D eigenvalue weighted by molar-refractivity contribution is -0.142. The predicted octanol–water partition coefficient (Wildman–Crippen LogP) is -1.80. The molecule has 2 saturated heterocycles. The maximum absolute atomic E-state index is 12.7. The Morgan fingerprint density at radius 3 is 2.78 bits per heavy atom. The number of likely N-dealkylation sites (tertiary alicyclic amines) is 1. The second kappa shape index (κ2) is 7.87. The third-order valence-corrected chi connectivity index (χ3v) is 4.90. The lowest BCUT2D eigenvalue weighted by Gasteiger charge is -2.26. The van der Waals surface area contributed by atoms with E-state index in [1.807, 2.05) is 7.05 Å². The number of carbonyl (C=O) groups is 4. The summed E-state index contributed by atoms with van der Waals surface area (Å²) in [5.74, 6) is -1.61. The summed E-state index contributed by atoms with van der Waals surface area (Å²) in [5, 5.41) is 4.84. The number of aromatic nitrogens is 2. The number of nitrogens with two attached hydrogens (primary N) is 1. The maximum atomic E-state index is 12.7. The van der Waals surface area contributed by atoms with Gasteiger partial charge in [0.15, 0.2) is 0 Å². The first-order valence-corrected chi connectivity index (χ1v) is 9.02. The molecule has 146 valence electrons. The van der Waals surface area contributed by atoms with Crippen LogP contribution in [0.25, 0.3) is 0 Å². The van der Waals surface area contributed by atoms with Crippen LogP contribution in [0.5, 0.6) is 0 Å². The molecule has 3 heterocycles. The van der Waals surface area contributed by atoms with E-state index >= 15 is 0 Å². The Labute approximate surface area is 156 Å². The summed E-state index contributed by atoms with van der Waals surface area (Å²) in [5.41, 5.74) is 6.73. The van der Waals surface area contributed by atoms with Crippen molar-refractivity contribution in [2.45, 2.75) is 50.2 Å². The second-order valence-electron chi connectivity index (χ2n) is 7.04. The van der Waals surface area contributed by atoms with Crippen LogP contribution >= 0.6 is 0 Å². The largest absolute Gasteiger partial charge is 0.344 e. The van der Waals surface area contributed by atoms with Crippen LogP contribution in [-0.4, -0.2) is 62.7 Å². The molecule has 2 fully saturated rings. The topological polar surface area (TPSA) is 139 Å².